The van der Waals surface area contributed by atoms with Crippen LogP contribution in [0.1, 0.15) is 32.0 Å². The molecule has 0 spiro atoms. The van der Waals surface area contributed by atoms with Crippen LogP contribution in [-0.2, 0) is 6.54 Å². The van der Waals surface area contributed by atoms with E-state index in [2.05, 4.69) is 31.1 Å². The average Bonchev–Trinajstić information content (AvgIpc) is 3.20. The predicted molar refractivity (Wildman–Crippen MR) is 92.7 cm³/mol. The zero-order chi connectivity index (χ0) is 18.1. The highest BCUT2D eigenvalue weighted by molar-refractivity contribution is 7.11. The van der Waals surface area contributed by atoms with Crippen molar-refractivity contribution >= 4 is 17.2 Å². The van der Waals surface area contributed by atoms with Gasteiger partial charge in [-0.15, -0.1) is 15.3 Å². The lowest BCUT2D eigenvalue weighted by Crippen LogP contribution is -2.39. The Kier molecular flexibility index (Phi) is 4.43. The van der Waals surface area contributed by atoms with Crippen LogP contribution in [0.5, 0.6) is 0 Å². The van der Waals surface area contributed by atoms with Crippen LogP contribution in [0.25, 0.3) is 5.69 Å². The summed E-state index contributed by atoms with van der Waals surface area (Å²) in [5.41, 5.74) is 1.42. The van der Waals surface area contributed by atoms with Gasteiger partial charge in [0.2, 0.25) is 0 Å². The van der Waals surface area contributed by atoms with Gasteiger partial charge in [0.15, 0.2) is 5.69 Å². The first-order chi connectivity index (χ1) is 12.6. The van der Waals surface area contributed by atoms with E-state index in [1.54, 1.807) is 13.0 Å². The molecule has 3 aromatic rings. The van der Waals surface area contributed by atoms with E-state index < -0.39 is 0 Å². The van der Waals surface area contributed by atoms with Gasteiger partial charge in [-0.25, -0.2) is 9.07 Å². The van der Waals surface area contributed by atoms with E-state index in [0.717, 1.165) is 28.7 Å². The van der Waals surface area contributed by atoms with Crippen molar-refractivity contribution in [1.29, 1.82) is 0 Å². The Morgan fingerprint density at radius 2 is 2.19 bits per heavy atom. The summed E-state index contributed by atoms with van der Waals surface area (Å²) in [4.78, 5) is 12.2. The molecule has 1 amide bonds. The summed E-state index contributed by atoms with van der Waals surface area (Å²) in [5, 5.41) is 23.7. The highest BCUT2D eigenvalue weighted by atomic mass is 32.1. The minimum absolute atomic E-state index is 0.153. The van der Waals surface area contributed by atoms with Crippen LogP contribution in [0.2, 0.25) is 0 Å². The van der Waals surface area contributed by atoms with Crippen LogP contribution in [-0.4, -0.2) is 44.2 Å². The number of rotatable bonds is 5. The number of carbonyl (C=O) groups is 1. The first-order valence-electron chi connectivity index (χ1n) is 8.09. The number of hydrogen-bond donors (Lipinski definition) is 2. The van der Waals surface area contributed by atoms with Crippen molar-refractivity contribution in [2.75, 3.05) is 13.1 Å². The van der Waals surface area contributed by atoms with E-state index in [4.69, 9.17) is 0 Å². The Bertz CT molecular complexity index is 929. The lowest BCUT2D eigenvalue weighted by molar-refractivity contribution is 0.0945. The predicted octanol–water partition coefficient (Wildman–Crippen LogP) is 1.18. The molecule has 0 radical (unpaired) electrons. The number of benzene rings is 1. The van der Waals surface area contributed by atoms with Gasteiger partial charge in [-0.2, -0.15) is 0 Å². The summed E-state index contributed by atoms with van der Waals surface area (Å²) in [5.74, 6) is -0.312. The van der Waals surface area contributed by atoms with E-state index in [0.29, 0.717) is 11.6 Å². The zero-order valence-electron chi connectivity index (χ0n) is 13.9. The third-order valence-electron chi connectivity index (χ3n) is 4.03. The second-order valence-electron chi connectivity index (χ2n) is 6.11. The second-order valence-corrected chi connectivity index (χ2v) is 7.20. The molecule has 0 atom stereocenters. The monoisotopic (exact) mass is 373 g/mol. The van der Waals surface area contributed by atoms with Crippen molar-refractivity contribution in [3.8, 4) is 5.69 Å². The van der Waals surface area contributed by atoms with E-state index in [9.17, 15) is 9.18 Å². The first-order valence-corrected chi connectivity index (χ1v) is 8.91. The summed E-state index contributed by atoms with van der Waals surface area (Å²) < 4.78 is 14.9. The fraction of sp³-hybridized carbons (Fsp3) is 0.312. The number of halogens is 1. The molecule has 3 heterocycles. The van der Waals surface area contributed by atoms with Crippen molar-refractivity contribution in [1.82, 2.24) is 35.8 Å². The van der Waals surface area contributed by atoms with Crippen molar-refractivity contribution in [2.45, 2.75) is 19.4 Å². The summed E-state index contributed by atoms with van der Waals surface area (Å²) >= 11 is 1.50. The molecule has 10 heteroatoms. The molecule has 1 aromatic carbocycles. The maximum atomic E-state index is 13.5. The molecule has 0 saturated carbocycles. The zero-order valence-corrected chi connectivity index (χ0v) is 14.8. The lowest BCUT2D eigenvalue weighted by Gasteiger charge is -2.23. The van der Waals surface area contributed by atoms with Crippen LogP contribution >= 0.6 is 11.3 Å². The normalized spacial score (nSPS) is 14.2. The van der Waals surface area contributed by atoms with Crippen LogP contribution in [0.3, 0.4) is 0 Å². The Balaban J connectivity index is 1.40. The lowest BCUT2D eigenvalue weighted by atomic mass is 10.1. The van der Waals surface area contributed by atoms with E-state index in [1.165, 1.54) is 34.3 Å². The van der Waals surface area contributed by atoms with Gasteiger partial charge in [0.1, 0.15) is 15.8 Å². The van der Waals surface area contributed by atoms with Crippen molar-refractivity contribution in [2.24, 2.45) is 0 Å². The third-order valence-corrected chi connectivity index (χ3v) is 5.12. The molecule has 1 fully saturated rings. The number of amides is 1. The fourth-order valence-corrected chi connectivity index (χ4v) is 3.44. The number of nitrogens with zero attached hydrogens (tertiary/aromatic N) is 5. The van der Waals surface area contributed by atoms with E-state index >= 15 is 0 Å². The quantitative estimate of drug-likeness (QED) is 0.697. The Hall–Kier alpha value is -2.72. The molecule has 0 bridgehead atoms. The maximum absolute atomic E-state index is 13.5. The molecule has 2 N–H and O–H groups in total. The van der Waals surface area contributed by atoms with Gasteiger partial charge >= 0.3 is 0 Å². The number of aryl methyl sites for hydroxylation is 1. The molecule has 26 heavy (non-hydrogen) atoms. The molecule has 0 aliphatic carbocycles. The molecular weight excluding hydrogens is 357 g/mol. The molecule has 1 aliphatic heterocycles. The smallest absolute Gasteiger partial charge is 0.273 e. The van der Waals surface area contributed by atoms with Gasteiger partial charge in [-0.05, 0) is 30.7 Å². The second kappa shape index (κ2) is 6.89. The van der Waals surface area contributed by atoms with Crippen molar-refractivity contribution in [3.05, 3.63) is 51.5 Å². The maximum Gasteiger partial charge on any atom is 0.273 e. The van der Waals surface area contributed by atoms with Crippen LogP contribution in [0, 0.1) is 12.7 Å². The number of nitrogens with one attached hydrogen (secondary N) is 2. The Labute approximate surface area is 152 Å². The standard InChI is InChI=1S/C16H16FN7OS/c1-9-2-11(17)4-12(3-9)24-8-13(20-23-24)15(25)19-7-14-21-22-16(26-14)10-5-18-6-10/h2-4,8,10,18H,5-7H2,1H3,(H,19,25). The molecule has 8 nitrogen and oxygen atoms in total. The molecular formula is C16H16FN7OS. The van der Waals surface area contributed by atoms with Gasteiger partial charge in [-0.3, -0.25) is 4.79 Å². The SMILES string of the molecule is Cc1cc(F)cc(-n2cc(C(=O)NCc3nnc(C4CNC4)s3)nn2)c1. The van der Waals surface area contributed by atoms with Crippen molar-refractivity contribution < 1.29 is 9.18 Å². The third kappa shape index (κ3) is 3.46. The summed E-state index contributed by atoms with van der Waals surface area (Å²) in [6, 6.07) is 4.52. The number of carbonyl (C=O) groups excluding carboxylic acids is 1. The summed E-state index contributed by atoms with van der Waals surface area (Å²) in [6.07, 6.45) is 1.47. The summed E-state index contributed by atoms with van der Waals surface area (Å²) in [6.45, 7) is 3.91. The average molecular weight is 373 g/mol. The minimum atomic E-state index is -0.369. The molecule has 4 rings (SSSR count). The first kappa shape index (κ1) is 16.7. The molecule has 1 saturated heterocycles. The molecule has 1 aliphatic rings. The topological polar surface area (TPSA) is 97.6 Å². The van der Waals surface area contributed by atoms with Gasteiger partial charge in [0.25, 0.3) is 5.91 Å². The Morgan fingerprint density at radius 3 is 2.92 bits per heavy atom. The largest absolute Gasteiger partial charge is 0.344 e. The van der Waals surface area contributed by atoms with Crippen LogP contribution in [0.4, 0.5) is 4.39 Å². The highest BCUT2D eigenvalue weighted by Crippen LogP contribution is 2.23. The summed E-state index contributed by atoms with van der Waals surface area (Å²) in [7, 11) is 0. The fourth-order valence-electron chi connectivity index (χ4n) is 2.56. The van der Waals surface area contributed by atoms with Crippen LogP contribution < -0.4 is 10.6 Å². The Morgan fingerprint density at radius 1 is 1.35 bits per heavy atom. The van der Waals surface area contributed by atoms with Crippen LogP contribution in [0.15, 0.2) is 24.4 Å². The number of hydrogen-bond acceptors (Lipinski definition) is 7. The van der Waals surface area contributed by atoms with E-state index in [-0.39, 0.29) is 24.0 Å². The molecule has 134 valence electrons. The van der Waals surface area contributed by atoms with Crippen molar-refractivity contribution in [3.63, 3.8) is 0 Å². The van der Waals surface area contributed by atoms with Gasteiger partial charge in [0.05, 0.1) is 18.4 Å². The van der Waals surface area contributed by atoms with Gasteiger partial charge in [-0.1, -0.05) is 16.6 Å². The molecule has 0 unspecified atom stereocenters. The van der Waals surface area contributed by atoms with Gasteiger partial charge < -0.3 is 10.6 Å². The minimum Gasteiger partial charge on any atom is -0.344 e. The van der Waals surface area contributed by atoms with Gasteiger partial charge in [0, 0.05) is 19.0 Å². The van der Waals surface area contributed by atoms with E-state index in [1.807, 2.05) is 0 Å². The number of aromatic nitrogens is 5. The molecule has 2 aromatic heterocycles. The highest BCUT2D eigenvalue weighted by Gasteiger charge is 2.23.